The first-order valence-corrected chi connectivity index (χ1v) is 11.5. The Labute approximate surface area is 201 Å². The molecule has 0 spiro atoms. The molecule has 1 fully saturated rings. The average Bonchev–Trinajstić information content (AvgIpc) is 2.88. The standard InChI is InChI=1S/C28H32O6/c1-30-27-26(33-19-23-15-9-4-10-16-23)25(32-18-22-13-7-3-8-14-22)24(34-28(27)29)20-31-17-21-11-5-2-6-12-21/h2-16,24-29H,17-20H2,1H3/t24-,25-,26+,27+,28+/m1/s1. The van der Waals surface area contributed by atoms with E-state index >= 15 is 0 Å². The second kappa shape index (κ2) is 12.8. The summed E-state index contributed by atoms with van der Waals surface area (Å²) in [7, 11) is 1.54. The van der Waals surface area contributed by atoms with Crippen molar-refractivity contribution in [3.63, 3.8) is 0 Å². The van der Waals surface area contributed by atoms with Crippen LogP contribution in [0.4, 0.5) is 0 Å². The third-order valence-electron chi connectivity index (χ3n) is 5.85. The molecule has 5 atom stereocenters. The molecule has 0 aliphatic carbocycles. The summed E-state index contributed by atoms with van der Waals surface area (Å²) in [6, 6.07) is 29.8. The van der Waals surface area contributed by atoms with Gasteiger partial charge in [0.2, 0.25) is 0 Å². The lowest BCUT2D eigenvalue weighted by molar-refractivity contribution is -0.311. The lowest BCUT2D eigenvalue weighted by Gasteiger charge is -2.44. The predicted octanol–water partition coefficient (Wildman–Crippen LogP) is 4.11. The predicted molar refractivity (Wildman–Crippen MR) is 128 cm³/mol. The van der Waals surface area contributed by atoms with E-state index in [0.717, 1.165) is 16.7 Å². The fraction of sp³-hybridized carbons (Fsp3) is 0.357. The minimum absolute atomic E-state index is 0.243. The lowest BCUT2D eigenvalue weighted by atomic mass is 9.98. The molecule has 1 aliphatic rings. The van der Waals surface area contributed by atoms with Crippen LogP contribution in [0.2, 0.25) is 0 Å². The molecule has 4 rings (SSSR count). The van der Waals surface area contributed by atoms with Crippen molar-refractivity contribution >= 4 is 0 Å². The molecular weight excluding hydrogens is 432 g/mol. The number of rotatable bonds is 11. The highest BCUT2D eigenvalue weighted by Crippen LogP contribution is 2.29. The van der Waals surface area contributed by atoms with E-state index in [9.17, 15) is 5.11 Å². The zero-order valence-electron chi connectivity index (χ0n) is 19.4. The Bertz CT molecular complexity index is 952. The molecule has 0 bridgehead atoms. The van der Waals surface area contributed by atoms with Gasteiger partial charge in [-0.1, -0.05) is 91.0 Å². The van der Waals surface area contributed by atoms with E-state index in [2.05, 4.69) is 0 Å². The maximum atomic E-state index is 10.7. The topological polar surface area (TPSA) is 66.4 Å². The summed E-state index contributed by atoms with van der Waals surface area (Å²) in [6.07, 6.45) is -3.45. The smallest absolute Gasteiger partial charge is 0.184 e. The highest BCUT2D eigenvalue weighted by atomic mass is 16.7. The second-order valence-electron chi connectivity index (χ2n) is 8.29. The molecule has 3 aromatic rings. The molecule has 1 heterocycles. The summed E-state index contributed by atoms with van der Waals surface area (Å²) < 4.78 is 30.1. The van der Waals surface area contributed by atoms with E-state index in [-0.39, 0.29) is 6.61 Å². The normalized spacial score (nSPS) is 24.7. The van der Waals surface area contributed by atoms with Gasteiger partial charge in [-0.2, -0.15) is 0 Å². The van der Waals surface area contributed by atoms with Crippen molar-refractivity contribution in [3.05, 3.63) is 108 Å². The molecule has 6 heteroatoms. The van der Waals surface area contributed by atoms with Crippen molar-refractivity contribution in [3.8, 4) is 0 Å². The van der Waals surface area contributed by atoms with Gasteiger partial charge in [0.15, 0.2) is 6.29 Å². The fourth-order valence-corrected chi connectivity index (χ4v) is 4.07. The van der Waals surface area contributed by atoms with Crippen LogP contribution in [-0.4, -0.2) is 49.5 Å². The Kier molecular flexibility index (Phi) is 9.21. The first-order chi connectivity index (χ1) is 16.7. The molecular formula is C28H32O6. The largest absolute Gasteiger partial charge is 0.374 e. The second-order valence-corrected chi connectivity index (χ2v) is 8.29. The van der Waals surface area contributed by atoms with Gasteiger partial charge in [-0.15, -0.1) is 0 Å². The van der Waals surface area contributed by atoms with E-state index in [0.29, 0.717) is 19.8 Å². The van der Waals surface area contributed by atoms with Gasteiger partial charge in [0.1, 0.15) is 24.4 Å². The van der Waals surface area contributed by atoms with Crippen LogP contribution in [0.5, 0.6) is 0 Å². The van der Waals surface area contributed by atoms with Crippen molar-refractivity contribution in [1.82, 2.24) is 0 Å². The van der Waals surface area contributed by atoms with Gasteiger partial charge in [-0.3, -0.25) is 0 Å². The number of benzene rings is 3. The molecule has 0 saturated carbocycles. The molecule has 1 aliphatic heterocycles. The lowest BCUT2D eigenvalue weighted by Crippen LogP contribution is -2.61. The number of hydrogen-bond donors (Lipinski definition) is 1. The van der Waals surface area contributed by atoms with Gasteiger partial charge < -0.3 is 28.8 Å². The van der Waals surface area contributed by atoms with Gasteiger partial charge in [0.25, 0.3) is 0 Å². The zero-order chi connectivity index (χ0) is 23.6. The summed E-state index contributed by atoms with van der Waals surface area (Å²) in [4.78, 5) is 0. The molecule has 180 valence electrons. The van der Waals surface area contributed by atoms with Crippen molar-refractivity contribution in [1.29, 1.82) is 0 Å². The third kappa shape index (κ3) is 6.73. The Hall–Kier alpha value is -2.58. The fourth-order valence-electron chi connectivity index (χ4n) is 4.07. The number of aliphatic hydroxyl groups excluding tert-OH is 1. The van der Waals surface area contributed by atoms with Crippen molar-refractivity contribution in [2.45, 2.75) is 50.5 Å². The van der Waals surface area contributed by atoms with Crippen LogP contribution in [0.15, 0.2) is 91.0 Å². The van der Waals surface area contributed by atoms with Crippen LogP contribution in [0, 0.1) is 0 Å². The van der Waals surface area contributed by atoms with Gasteiger partial charge in [-0.05, 0) is 16.7 Å². The van der Waals surface area contributed by atoms with Crippen molar-refractivity contribution < 1.29 is 28.8 Å². The van der Waals surface area contributed by atoms with E-state index in [1.807, 2.05) is 91.0 Å². The maximum absolute atomic E-state index is 10.7. The van der Waals surface area contributed by atoms with Crippen LogP contribution < -0.4 is 0 Å². The number of methoxy groups -OCH3 is 1. The van der Waals surface area contributed by atoms with Gasteiger partial charge in [-0.25, -0.2) is 0 Å². The molecule has 34 heavy (non-hydrogen) atoms. The summed E-state index contributed by atoms with van der Waals surface area (Å²) in [5.41, 5.74) is 3.12. The van der Waals surface area contributed by atoms with Crippen LogP contribution in [0.1, 0.15) is 16.7 Å². The molecule has 6 nitrogen and oxygen atoms in total. The Morgan fingerprint density at radius 3 is 1.62 bits per heavy atom. The summed E-state index contributed by atoms with van der Waals surface area (Å²) in [6.45, 7) is 1.42. The van der Waals surface area contributed by atoms with E-state index in [1.54, 1.807) is 0 Å². The maximum Gasteiger partial charge on any atom is 0.184 e. The number of hydrogen-bond acceptors (Lipinski definition) is 6. The quantitative estimate of drug-likeness (QED) is 0.461. The molecule has 0 unspecified atom stereocenters. The minimum atomic E-state index is -1.16. The van der Waals surface area contributed by atoms with Gasteiger partial charge in [0.05, 0.1) is 26.4 Å². The zero-order valence-corrected chi connectivity index (χ0v) is 19.4. The number of aliphatic hydroxyl groups is 1. The first-order valence-electron chi connectivity index (χ1n) is 11.5. The molecule has 0 amide bonds. The molecule has 0 radical (unpaired) electrons. The number of ether oxygens (including phenoxy) is 5. The highest BCUT2D eigenvalue weighted by molar-refractivity contribution is 5.15. The van der Waals surface area contributed by atoms with Crippen LogP contribution in [-0.2, 0) is 43.5 Å². The van der Waals surface area contributed by atoms with Crippen LogP contribution in [0.3, 0.4) is 0 Å². The van der Waals surface area contributed by atoms with Crippen molar-refractivity contribution in [2.24, 2.45) is 0 Å². The van der Waals surface area contributed by atoms with Crippen molar-refractivity contribution in [2.75, 3.05) is 13.7 Å². The highest BCUT2D eigenvalue weighted by Gasteiger charge is 2.47. The monoisotopic (exact) mass is 464 g/mol. The van der Waals surface area contributed by atoms with E-state index in [1.165, 1.54) is 7.11 Å². The van der Waals surface area contributed by atoms with E-state index < -0.39 is 30.7 Å². The average molecular weight is 465 g/mol. The summed E-state index contributed by atoms with van der Waals surface area (Å²) in [5.74, 6) is 0. The van der Waals surface area contributed by atoms with Gasteiger partial charge >= 0.3 is 0 Å². The first kappa shape index (κ1) is 24.5. The van der Waals surface area contributed by atoms with E-state index in [4.69, 9.17) is 23.7 Å². The van der Waals surface area contributed by atoms with Crippen LogP contribution in [0.25, 0.3) is 0 Å². The summed E-state index contributed by atoms with van der Waals surface area (Å²) >= 11 is 0. The van der Waals surface area contributed by atoms with Gasteiger partial charge in [0, 0.05) is 7.11 Å². The summed E-state index contributed by atoms with van der Waals surface area (Å²) in [5, 5.41) is 10.7. The molecule has 1 N–H and O–H groups in total. The third-order valence-corrected chi connectivity index (χ3v) is 5.85. The molecule has 1 saturated heterocycles. The Morgan fingerprint density at radius 2 is 1.12 bits per heavy atom. The Morgan fingerprint density at radius 1 is 0.647 bits per heavy atom. The minimum Gasteiger partial charge on any atom is -0.374 e. The molecule has 0 aromatic heterocycles. The molecule has 3 aromatic carbocycles. The Balaban J connectivity index is 1.49. The SMILES string of the molecule is CO[C@H]1[C@@H](OCc2ccccc2)[C@H](OCc2ccccc2)[C@@H](COCc2ccccc2)O[C@@H]1O. The van der Waals surface area contributed by atoms with Crippen LogP contribution >= 0.6 is 0 Å².